The summed E-state index contributed by atoms with van der Waals surface area (Å²) in [5, 5.41) is 11.6. The van der Waals surface area contributed by atoms with E-state index < -0.39 is 24.7 Å². The molecule has 0 radical (unpaired) electrons. The minimum absolute atomic E-state index is 0.0254. The highest BCUT2D eigenvalue weighted by atomic mass is 32.2. The predicted octanol–water partition coefficient (Wildman–Crippen LogP) is 3.75. The van der Waals surface area contributed by atoms with E-state index in [-0.39, 0.29) is 11.5 Å². The van der Waals surface area contributed by atoms with Gasteiger partial charge in [-0.3, -0.25) is 15.1 Å². The van der Waals surface area contributed by atoms with E-state index in [0.29, 0.717) is 5.75 Å². The van der Waals surface area contributed by atoms with E-state index in [4.69, 9.17) is 4.74 Å². The first kappa shape index (κ1) is 21.5. The second kappa shape index (κ2) is 10.5. The van der Waals surface area contributed by atoms with Crippen molar-refractivity contribution >= 4 is 29.5 Å². The van der Waals surface area contributed by atoms with Crippen molar-refractivity contribution in [2.45, 2.75) is 22.8 Å². The van der Waals surface area contributed by atoms with Crippen molar-refractivity contribution in [2.75, 3.05) is 18.6 Å². The lowest BCUT2D eigenvalue weighted by Gasteiger charge is -2.21. The second-order valence-corrected chi connectivity index (χ2v) is 7.47. The van der Waals surface area contributed by atoms with Gasteiger partial charge in [-0.05, 0) is 42.2 Å². The lowest BCUT2D eigenvalue weighted by Crippen LogP contribution is -2.47. The summed E-state index contributed by atoms with van der Waals surface area (Å²) >= 11 is 2.82. The number of halogens is 2. The summed E-state index contributed by atoms with van der Waals surface area (Å²) in [4.78, 5) is 16.2. The summed E-state index contributed by atoms with van der Waals surface area (Å²) in [6, 6.07) is 8.81. The van der Waals surface area contributed by atoms with Crippen LogP contribution in [0.3, 0.4) is 0 Å². The first-order valence-electron chi connectivity index (χ1n) is 8.03. The zero-order valence-corrected chi connectivity index (χ0v) is 16.2. The number of aromatic nitrogens is 1. The van der Waals surface area contributed by atoms with Gasteiger partial charge in [0.1, 0.15) is 18.3 Å². The number of nitrogens with one attached hydrogen (secondary N) is 1. The van der Waals surface area contributed by atoms with E-state index >= 15 is 0 Å². The highest BCUT2D eigenvalue weighted by Crippen LogP contribution is 2.24. The minimum atomic E-state index is -3.53. The Morgan fingerprint density at radius 2 is 2.07 bits per heavy atom. The van der Waals surface area contributed by atoms with E-state index in [1.165, 1.54) is 35.7 Å². The van der Waals surface area contributed by atoms with Gasteiger partial charge in [0.15, 0.2) is 0 Å². The first-order chi connectivity index (χ1) is 12.9. The summed E-state index contributed by atoms with van der Waals surface area (Å²) in [5.41, 5.74) is 0.939. The molecule has 0 aliphatic rings. The third-order valence-electron chi connectivity index (χ3n) is 3.46. The van der Waals surface area contributed by atoms with Gasteiger partial charge in [0, 0.05) is 28.8 Å². The molecule has 9 heteroatoms. The van der Waals surface area contributed by atoms with Crippen LogP contribution in [-0.4, -0.2) is 46.8 Å². The molecule has 0 aliphatic heterocycles. The lowest BCUT2D eigenvalue weighted by molar-refractivity contribution is -0.173. The lowest BCUT2D eigenvalue weighted by atomic mass is 10.3. The number of nitrogens with zero attached hydrogens (tertiary/aromatic N) is 1. The van der Waals surface area contributed by atoms with Crippen molar-refractivity contribution in [3.05, 3.63) is 54.4 Å². The van der Waals surface area contributed by atoms with E-state index in [2.05, 4.69) is 10.3 Å². The van der Waals surface area contributed by atoms with Crippen LogP contribution in [0.5, 0.6) is 5.75 Å². The molecule has 1 atom stereocenters. The molecular formula is C18H20F2N2O3S2. The maximum Gasteiger partial charge on any atom is 0.410 e. The third kappa shape index (κ3) is 7.74. The molecule has 0 aliphatic carbocycles. The molecule has 2 N–H and O–H groups in total. The third-order valence-corrected chi connectivity index (χ3v) is 5.31. The number of ether oxygens (including phenoxy) is 1. The zero-order valence-electron chi connectivity index (χ0n) is 14.6. The quantitative estimate of drug-likeness (QED) is 0.543. The Morgan fingerprint density at radius 1 is 1.33 bits per heavy atom. The number of carboxylic acid groups (broad SMARTS) is 1. The number of hydrogen-bond acceptors (Lipinski definition) is 6. The number of carboxylic acids is 1. The van der Waals surface area contributed by atoms with Crippen LogP contribution in [0.1, 0.15) is 5.56 Å². The monoisotopic (exact) mass is 414 g/mol. The van der Waals surface area contributed by atoms with Crippen molar-refractivity contribution in [1.29, 1.82) is 0 Å². The maximum absolute atomic E-state index is 14.0. The number of carbonyl (C=O) groups is 1. The fraction of sp³-hybridized carbons (Fsp3) is 0.333. The van der Waals surface area contributed by atoms with E-state index in [1.807, 2.05) is 12.3 Å². The van der Waals surface area contributed by atoms with Gasteiger partial charge in [-0.1, -0.05) is 6.07 Å². The highest BCUT2D eigenvalue weighted by molar-refractivity contribution is 7.98. The molecular weight excluding hydrogens is 394 g/mol. The van der Waals surface area contributed by atoms with Crippen LogP contribution in [0.25, 0.3) is 0 Å². The van der Waals surface area contributed by atoms with Crippen molar-refractivity contribution in [3.8, 4) is 5.75 Å². The molecule has 2 rings (SSSR count). The number of hydrogen-bond donors (Lipinski definition) is 2. The molecule has 1 aromatic heterocycles. The van der Waals surface area contributed by atoms with Gasteiger partial charge >= 0.3 is 12.1 Å². The maximum atomic E-state index is 14.0. The van der Waals surface area contributed by atoms with Gasteiger partial charge in [0.2, 0.25) is 0 Å². The molecule has 1 unspecified atom stereocenters. The molecule has 146 valence electrons. The Balaban J connectivity index is 1.82. The molecule has 27 heavy (non-hydrogen) atoms. The van der Waals surface area contributed by atoms with Gasteiger partial charge in [-0.2, -0.15) is 20.5 Å². The Labute approximate surface area is 164 Å². The molecule has 1 aromatic carbocycles. The summed E-state index contributed by atoms with van der Waals surface area (Å²) in [6.45, 7) is -0.901. The molecule has 0 amide bonds. The van der Waals surface area contributed by atoms with Gasteiger partial charge in [-0.15, -0.1) is 11.8 Å². The van der Waals surface area contributed by atoms with Crippen molar-refractivity contribution < 1.29 is 23.4 Å². The van der Waals surface area contributed by atoms with Gasteiger partial charge in [0.25, 0.3) is 0 Å². The SMILES string of the molecule is CSc1ccc(OC(F)(F)CNC(CSCc2cccnc2)C(=O)O)cc1. The largest absolute Gasteiger partial charge is 0.480 e. The topological polar surface area (TPSA) is 71.5 Å². The van der Waals surface area contributed by atoms with Crippen LogP contribution in [0.15, 0.2) is 53.7 Å². The number of rotatable bonds is 11. The summed E-state index contributed by atoms with van der Waals surface area (Å²) in [7, 11) is 0. The average molecular weight is 414 g/mol. The molecule has 0 bridgehead atoms. The Bertz CT molecular complexity index is 718. The molecule has 0 saturated heterocycles. The van der Waals surface area contributed by atoms with Crippen LogP contribution in [-0.2, 0) is 10.5 Å². The molecule has 0 fully saturated rings. The molecule has 0 spiro atoms. The van der Waals surface area contributed by atoms with Crippen molar-refractivity contribution in [1.82, 2.24) is 10.3 Å². The average Bonchev–Trinajstić information content (AvgIpc) is 2.65. The molecule has 5 nitrogen and oxygen atoms in total. The standard InChI is InChI=1S/C18H20F2N2O3S2/c1-26-15-6-4-14(5-7-15)25-18(19,20)12-22-16(17(23)24)11-27-10-13-3-2-8-21-9-13/h2-9,16,22H,10-12H2,1H3,(H,23,24). The number of alkyl halides is 2. The van der Waals surface area contributed by atoms with Crippen LogP contribution in [0, 0.1) is 0 Å². The van der Waals surface area contributed by atoms with Crippen molar-refractivity contribution in [3.63, 3.8) is 0 Å². The van der Waals surface area contributed by atoms with Crippen LogP contribution in [0.2, 0.25) is 0 Å². The van der Waals surface area contributed by atoms with E-state index in [1.54, 1.807) is 30.6 Å². The molecule has 1 heterocycles. The summed E-state index contributed by atoms with van der Waals surface area (Å²) < 4.78 is 32.7. The first-order valence-corrected chi connectivity index (χ1v) is 10.4. The van der Waals surface area contributed by atoms with Crippen LogP contribution in [0.4, 0.5) is 8.78 Å². The molecule has 2 aromatic rings. The highest BCUT2D eigenvalue weighted by Gasteiger charge is 2.33. The summed E-state index contributed by atoms with van der Waals surface area (Å²) in [5.74, 6) is -0.470. The van der Waals surface area contributed by atoms with Gasteiger partial charge in [0.05, 0.1) is 0 Å². The predicted molar refractivity (Wildman–Crippen MR) is 104 cm³/mol. The van der Waals surface area contributed by atoms with Crippen molar-refractivity contribution in [2.24, 2.45) is 0 Å². The van der Waals surface area contributed by atoms with Crippen LogP contribution < -0.4 is 10.1 Å². The number of benzene rings is 1. The second-order valence-electron chi connectivity index (χ2n) is 5.56. The zero-order chi connectivity index (χ0) is 19.7. The van der Waals surface area contributed by atoms with Crippen LogP contribution >= 0.6 is 23.5 Å². The Kier molecular flexibility index (Phi) is 8.33. The smallest absolute Gasteiger partial charge is 0.410 e. The fourth-order valence-electron chi connectivity index (χ4n) is 2.09. The van der Waals surface area contributed by atoms with E-state index in [0.717, 1.165) is 10.5 Å². The van der Waals surface area contributed by atoms with Gasteiger partial charge in [-0.25, -0.2) is 0 Å². The molecule has 0 saturated carbocycles. The van der Waals surface area contributed by atoms with Gasteiger partial charge < -0.3 is 9.84 Å². The Morgan fingerprint density at radius 3 is 2.67 bits per heavy atom. The fourth-order valence-corrected chi connectivity index (χ4v) is 3.52. The number of aliphatic carboxylic acids is 1. The number of thioether (sulfide) groups is 2. The number of pyridine rings is 1. The van der Waals surface area contributed by atoms with E-state index in [9.17, 15) is 18.7 Å². The normalized spacial score (nSPS) is 12.6. The summed E-state index contributed by atoms with van der Waals surface area (Å²) in [6.07, 6.45) is 1.68. The Hall–Kier alpha value is -1.84. The minimum Gasteiger partial charge on any atom is -0.480 e.